The van der Waals surface area contributed by atoms with Crippen LogP contribution in [0.3, 0.4) is 0 Å². The molecule has 20 heavy (non-hydrogen) atoms. The number of rotatable bonds is 6. The highest BCUT2D eigenvalue weighted by Gasteiger charge is 2.16. The predicted octanol–water partition coefficient (Wildman–Crippen LogP) is 2.76. The summed E-state index contributed by atoms with van der Waals surface area (Å²) >= 11 is 0. The highest BCUT2D eigenvalue weighted by Crippen LogP contribution is 2.24. The van der Waals surface area contributed by atoms with Crippen molar-refractivity contribution < 1.29 is 8.95 Å². The number of methoxy groups -OCH3 is 1. The van der Waals surface area contributed by atoms with Gasteiger partial charge in [-0.15, -0.1) is 0 Å². The van der Waals surface area contributed by atoms with Gasteiger partial charge in [0.1, 0.15) is 5.75 Å². The van der Waals surface area contributed by atoms with Crippen molar-refractivity contribution in [2.75, 3.05) is 19.9 Å². The fraction of sp³-hybridized carbons (Fsp3) is 0.250. The third kappa shape index (κ3) is 3.46. The van der Waals surface area contributed by atoms with E-state index < -0.39 is 10.8 Å². The van der Waals surface area contributed by atoms with E-state index in [1.807, 2.05) is 61.6 Å². The van der Waals surface area contributed by atoms with Gasteiger partial charge in [-0.3, -0.25) is 4.21 Å². The Morgan fingerprint density at radius 3 is 2.40 bits per heavy atom. The monoisotopic (exact) mass is 289 g/mol. The molecular formula is C16H19NO2S. The van der Waals surface area contributed by atoms with Gasteiger partial charge in [0.05, 0.1) is 22.8 Å². The zero-order valence-corrected chi connectivity index (χ0v) is 12.5. The van der Waals surface area contributed by atoms with Gasteiger partial charge in [0.25, 0.3) is 0 Å². The first-order valence-corrected chi connectivity index (χ1v) is 7.81. The molecule has 3 nitrogen and oxygen atoms in total. The fourth-order valence-electron chi connectivity index (χ4n) is 2.08. The predicted molar refractivity (Wildman–Crippen MR) is 82.5 cm³/mol. The van der Waals surface area contributed by atoms with E-state index in [1.54, 1.807) is 7.11 Å². The summed E-state index contributed by atoms with van der Waals surface area (Å²) in [6.07, 6.45) is 0. The number of hydrogen-bond donors (Lipinski definition) is 1. The molecule has 2 aromatic carbocycles. The molecule has 0 radical (unpaired) electrons. The SMILES string of the molecule is CNC(CS(=O)c1ccccc1OC)c1ccccc1. The molecule has 2 rings (SSSR count). The van der Waals surface area contributed by atoms with Crippen LogP contribution in [0.1, 0.15) is 11.6 Å². The molecule has 0 aliphatic heterocycles. The molecule has 2 unspecified atom stereocenters. The van der Waals surface area contributed by atoms with Crippen LogP contribution >= 0.6 is 0 Å². The van der Waals surface area contributed by atoms with Gasteiger partial charge in [-0.1, -0.05) is 42.5 Å². The summed E-state index contributed by atoms with van der Waals surface area (Å²) in [6.45, 7) is 0. The van der Waals surface area contributed by atoms with Crippen molar-refractivity contribution in [3.63, 3.8) is 0 Å². The van der Waals surface area contributed by atoms with Crippen LogP contribution in [0.5, 0.6) is 5.75 Å². The van der Waals surface area contributed by atoms with Gasteiger partial charge in [0, 0.05) is 11.8 Å². The molecular weight excluding hydrogens is 270 g/mol. The van der Waals surface area contributed by atoms with Crippen molar-refractivity contribution in [2.45, 2.75) is 10.9 Å². The van der Waals surface area contributed by atoms with Gasteiger partial charge in [0.15, 0.2) is 0 Å². The summed E-state index contributed by atoms with van der Waals surface area (Å²) in [7, 11) is 2.37. The molecule has 1 N–H and O–H groups in total. The van der Waals surface area contributed by atoms with Crippen molar-refractivity contribution in [3.05, 3.63) is 60.2 Å². The van der Waals surface area contributed by atoms with Crippen LogP contribution in [0.25, 0.3) is 0 Å². The minimum Gasteiger partial charge on any atom is -0.495 e. The first-order chi connectivity index (χ1) is 9.76. The summed E-state index contributed by atoms with van der Waals surface area (Å²) in [5.41, 5.74) is 1.14. The van der Waals surface area contributed by atoms with E-state index >= 15 is 0 Å². The average Bonchev–Trinajstić information content (AvgIpc) is 2.53. The maximum atomic E-state index is 12.6. The Hall–Kier alpha value is -1.65. The van der Waals surface area contributed by atoms with Gasteiger partial charge in [-0.2, -0.15) is 0 Å². The second-order valence-electron chi connectivity index (χ2n) is 4.41. The number of para-hydroxylation sites is 1. The van der Waals surface area contributed by atoms with E-state index in [9.17, 15) is 4.21 Å². The molecule has 0 amide bonds. The molecule has 0 heterocycles. The quantitative estimate of drug-likeness (QED) is 0.888. The Labute approximate surface area is 122 Å². The van der Waals surface area contributed by atoms with E-state index in [0.29, 0.717) is 11.5 Å². The van der Waals surface area contributed by atoms with Crippen LogP contribution in [-0.2, 0) is 10.8 Å². The molecule has 0 fully saturated rings. The smallest absolute Gasteiger partial charge is 0.134 e. The minimum atomic E-state index is -1.11. The van der Waals surface area contributed by atoms with Crippen LogP contribution in [0.15, 0.2) is 59.5 Å². The van der Waals surface area contributed by atoms with Crippen molar-refractivity contribution in [3.8, 4) is 5.75 Å². The molecule has 0 aliphatic rings. The molecule has 106 valence electrons. The van der Waals surface area contributed by atoms with Crippen LogP contribution in [-0.4, -0.2) is 24.1 Å². The molecule has 2 atom stereocenters. The number of benzene rings is 2. The van der Waals surface area contributed by atoms with Gasteiger partial charge < -0.3 is 10.1 Å². The topological polar surface area (TPSA) is 38.3 Å². The average molecular weight is 289 g/mol. The van der Waals surface area contributed by atoms with Crippen LogP contribution < -0.4 is 10.1 Å². The van der Waals surface area contributed by atoms with Gasteiger partial charge >= 0.3 is 0 Å². The standard InChI is InChI=1S/C16H19NO2S/c1-17-14(13-8-4-3-5-9-13)12-20(18)16-11-7-6-10-15(16)19-2/h3-11,14,17H,12H2,1-2H3. The molecule has 0 saturated carbocycles. The number of nitrogens with one attached hydrogen (secondary N) is 1. The first kappa shape index (κ1) is 14.8. The van der Waals surface area contributed by atoms with Crippen molar-refractivity contribution in [2.24, 2.45) is 0 Å². The Kier molecular flexibility index (Phi) is 5.32. The van der Waals surface area contributed by atoms with Crippen molar-refractivity contribution in [1.29, 1.82) is 0 Å². The highest BCUT2D eigenvalue weighted by atomic mass is 32.2. The van der Waals surface area contributed by atoms with E-state index in [2.05, 4.69) is 5.32 Å². The largest absolute Gasteiger partial charge is 0.495 e. The van der Waals surface area contributed by atoms with Gasteiger partial charge in [-0.25, -0.2) is 0 Å². The summed E-state index contributed by atoms with van der Waals surface area (Å²) < 4.78 is 17.8. The second kappa shape index (κ2) is 7.22. The molecule has 0 aliphatic carbocycles. The van der Waals surface area contributed by atoms with Crippen molar-refractivity contribution >= 4 is 10.8 Å². The summed E-state index contributed by atoms with van der Waals surface area (Å²) in [6, 6.07) is 17.6. The van der Waals surface area contributed by atoms with Gasteiger partial charge in [-0.05, 0) is 24.7 Å². The van der Waals surface area contributed by atoms with Crippen LogP contribution in [0.2, 0.25) is 0 Å². The molecule has 4 heteroatoms. The molecule has 0 saturated heterocycles. The third-order valence-electron chi connectivity index (χ3n) is 3.18. The Morgan fingerprint density at radius 2 is 1.75 bits per heavy atom. The lowest BCUT2D eigenvalue weighted by Gasteiger charge is -2.17. The van der Waals surface area contributed by atoms with Crippen LogP contribution in [0, 0.1) is 0 Å². The third-order valence-corrected chi connectivity index (χ3v) is 4.65. The number of ether oxygens (including phenoxy) is 1. The lowest BCUT2D eigenvalue weighted by atomic mass is 10.1. The molecule has 0 bridgehead atoms. The zero-order valence-electron chi connectivity index (χ0n) is 11.7. The van der Waals surface area contributed by atoms with E-state index in [4.69, 9.17) is 4.74 Å². The second-order valence-corrected chi connectivity index (χ2v) is 5.88. The lowest BCUT2D eigenvalue weighted by molar-refractivity contribution is 0.404. The Bertz CT molecular complexity index is 572. The fourth-order valence-corrected chi connectivity index (χ4v) is 3.53. The Morgan fingerprint density at radius 1 is 1.10 bits per heavy atom. The highest BCUT2D eigenvalue weighted by molar-refractivity contribution is 7.85. The maximum absolute atomic E-state index is 12.6. The van der Waals surface area contributed by atoms with Crippen molar-refractivity contribution in [1.82, 2.24) is 5.32 Å². The summed E-state index contributed by atoms with van der Waals surface area (Å²) in [5, 5.41) is 3.22. The lowest BCUT2D eigenvalue weighted by Crippen LogP contribution is -2.22. The zero-order chi connectivity index (χ0) is 14.4. The van der Waals surface area contributed by atoms with E-state index in [1.165, 1.54) is 0 Å². The summed E-state index contributed by atoms with van der Waals surface area (Å²) in [4.78, 5) is 0.742. The van der Waals surface area contributed by atoms with E-state index in [0.717, 1.165) is 10.5 Å². The normalized spacial score (nSPS) is 13.7. The van der Waals surface area contributed by atoms with Crippen LogP contribution in [0.4, 0.5) is 0 Å². The Balaban J connectivity index is 2.18. The van der Waals surface area contributed by atoms with Gasteiger partial charge in [0.2, 0.25) is 0 Å². The molecule has 0 aromatic heterocycles. The minimum absolute atomic E-state index is 0.0574. The maximum Gasteiger partial charge on any atom is 0.134 e. The molecule has 2 aromatic rings. The first-order valence-electron chi connectivity index (χ1n) is 6.50. The molecule has 0 spiro atoms. The summed E-state index contributed by atoms with van der Waals surface area (Å²) in [5.74, 6) is 1.19. The number of hydrogen-bond acceptors (Lipinski definition) is 3. The van der Waals surface area contributed by atoms with E-state index in [-0.39, 0.29) is 6.04 Å².